The van der Waals surface area contributed by atoms with Gasteiger partial charge < -0.3 is 14.8 Å². The van der Waals surface area contributed by atoms with Gasteiger partial charge in [-0.05, 0) is 31.9 Å². The Balaban J connectivity index is 1.91. The number of ether oxygens (including phenoxy) is 2. The fourth-order valence-electron chi connectivity index (χ4n) is 2.53. The van der Waals surface area contributed by atoms with Crippen LogP contribution in [0.4, 0.5) is 5.69 Å². The molecule has 1 aromatic rings. The first kappa shape index (κ1) is 15.9. The van der Waals surface area contributed by atoms with Gasteiger partial charge in [0.25, 0.3) is 0 Å². The number of fused-ring (bicyclic) bond motifs is 1. The number of nitrogens with one attached hydrogen (secondary N) is 1. The largest absolute Gasteiger partial charge is 0.486 e. The molecule has 7 nitrogen and oxygen atoms in total. The van der Waals surface area contributed by atoms with Gasteiger partial charge >= 0.3 is 0 Å². The van der Waals surface area contributed by atoms with Gasteiger partial charge in [-0.25, -0.2) is 8.42 Å². The second kappa shape index (κ2) is 5.92. The van der Waals surface area contributed by atoms with Crippen molar-refractivity contribution in [3.05, 3.63) is 18.2 Å². The lowest BCUT2D eigenvalue weighted by Crippen LogP contribution is -2.48. The molecule has 0 spiro atoms. The Morgan fingerprint density at radius 1 is 1.26 bits per heavy atom. The van der Waals surface area contributed by atoms with Gasteiger partial charge in [-0.2, -0.15) is 0 Å². The standard InChI is InChI=1S/C15H20N2O5S/c1-10(15(18)16-11-3-4-11)17(23(2,19)20)12-5-6-13-14(9-12)22-8-7-21-13/h5-6,9-11H,3-4,7-8H2,1-2H3,(H,16,18)/t10-/m0/s1. The van der Waals surface area contributed by atoms with Crippen molar-refractivity contribution in [2.75, 3.05) is 23.8 Å². The van der Waals surface area contributed by atoms with Crippen LogP contribution < -0.4 is 19.1 Å². The zero-order valence-electron chi connectivity index (χ0n) is 13.1. The fraction of sp³-hybridized carbons (Fsp3) is 0.533. The lowest BCUT2D eigenvalue weighted by Gasteiger charge is -2.29. The Kier molecular flexibility index (Phi) is 4.09. The van der Waals surface area contributed by atoms with Crippen LogP contribution in [0.1, 0.15) is 19.8 Å². The first-order chi connectivity index (χ1) is 10.9. The van der Waals surface area contributed by atoms with E-state index in [1.165, 1.54) is 0 Å². The molecule has 8 heteroatoms. The Morgan fingerprint density at radius 2 is 1.91 bits per heavy atom. The first-order valence-corrected chi connectivity index (χ1v) is 9.40. The van der Waals surface area contributed by atoms with E-state index in [0.29, 0.717) is 30.4 Å². The third kappa shape index (κ3) is 3.52. The Hall–Kier alpha value is -1.96. The zero-order chi connectivity index (χ0) is 16.6. The number of hydrogen-bond donors (Lipinski definition) is 1. The molecule has 0 unspecified atom stereocenters. The second-order valence-electron chi connectivity index (χ2n) is 5.85. The number of carbonyl (C=O) groups excluding carboxylic acids is 1. The van der Waals surface area contributed by atoms with Gasteiger partial charge in [0.05, 0.1) is 11.9 Å². The summed E-state index contributed by atoms with van der Waals surface area (Å²) in [5.41, 5.74) is 0.384. The molecule has 126 valence electrons. The molecule has 1 heterocycles. The number of carbonyl (C=O) groups is 1. The maximum atomic E-state index is 12.3. The Bertz CT molecular complexity index is 715. The van der Waals surface area contributed by atoms with Crippen LogP contribution in [0.25, 0.3) is 0 Å². The van der Waals surface area contributed by atoms with Crippen LogP contribution in [-0.2, 0) is 14.8 Å². The van der Waals surface area contributed by atoms with Gasteiger partial charge in [0.15, 0.2) is 11.5 Å². The van der Waals surface area contributed by atoms with E-state index in [-0.39, 0.29) is 11.9 Å². The van der Waals surface area contributed by atoms with Crippen molar-refractivity contribution in [3.8, 4) is 11.5 Å². The monoisotopic (exact) mass is 340 g/mol. The van der Waals surface area contributed by atoms with Crippen LogP contribution in [-0.4, -0.2) is 45.9 Å². The highest BCUT2D eigenvalue weighted by Crippen LogP contribution is 2.35. The molecule has 0 bridgehead atoms. The summed E-state index contributed by atoms with van der Waals surface area (Å²) >= 11 is 0. The minimum atomic E-state index is -3.63. The zero-order valence-corrected chi connectivity index (χ0v) is 13.9. The average molecular weight is 340 g/mol. The lowest BCUT2D eigenvalue weighted by atomic mass is 10.2. The van der Waals surface area contributed by atoms with Crippen LogP contribution in [0, 0.1) is 0 Å². The SMILES string of the molecule is C[C@@H](C(=O)NC1CC1)N(c1ccc2c(c1)OCCO2)S(C)(=O)=O. The van der Waals surface area contributed by atoms with Crippen LogP contribution >= 0.6 is 0 Å². The molecule has 1 aliphatic heterocycles. The normalized spacial score (nSPS) is 18.2. The molecule has 0 saturated heterocycles. The number of benzene rings is 1. The van der Waals surface area contributed by atoms with Crippen molar-refractivity contribution in [2.45, 2.75) is 31.8 Å². The van der Waals surface area contributed by atoms with Crippen LogP contribution in [0.2, 0.25) is 0 Å². The quantitative estimate of drug-likeness (QED) is 0.860. The van der Waals surface area contributed by atoms with Gasteiger partial charge in [-0.15, -0.1) is 0 Å². The molecule has 1 aliphatic carbocycles. The van der Waals surface area contributed by atoms with Gasteiger partial charge in [0, 0.05) is 12.1 Å². The average Bonchev–Trinajstić information content (AvgIpc) is 3.29. The van der Waals surface area contributed by atoms with Crippen molar-refractivity contribution < 1.29 is 22.7 Å². The highest BCUT2D eigenvalue weighted by molar-refractivity contribution is 7.92. The van der Waals surface area contributed by atoms with Crippen molar-refractivity contribution in [1.29, 1.82) is 0 Å². The van der Waals surface area contributed by atoms with Gasteiger partial charge in [0.2, 0.25) is 15.9 Å². The maximum Gasteiger partial charge on any atom is 0.243 e. The Morgan fingerprint density at radius 3 is 2.52 bits per heavy atom. The van der Waals surface area contributed by atoms with E-state index < -0.39 is 16.1 Å². The topological polar surface area (TPSA) is 84.9 Å². The molecule has 1 atom stereocenters. The predicted molar refractivity (Wildman–Crippen MR) is 85.4 cm³/mol. The summed E-state index contributed by atoms with van der Waals surface area (Å²) in [6, 6.07) is 4.21. The van der Waals surface area contributed by atoms with Gasteiger partial charge in [0.1, 0.15) is 19.3 Å². The predicted octanol–water partition coefficient (Wildman–Crippen LogP) is 0.891. The summed E-state index contributed by atoms with van der Waals surface area (Å²) in [5, 5.41) is 2.84. The van der Waals surface area contributed by atoms with E-state index in [1.807, 2.05) is 0 Å². The van der Waals surface area contributed by atoms with E-state index in [0.717, 1.165) is 23.4 Å². The second-order valence-corrected chi connectivity index (χ2v) is 7.71. The lowest BCUT2D eigenvalue weighted by molar-refractivity contribution is -0.121. The van der Waals surface area contributed by atoms with Crippen LogP contribution in [0.15, 0.2) is 18.2 Å². The molecule has 0 aromatic heterocycles. The summed E-state index contributed by atoms with van der Waals surface area (Å²) in [5.74, 6) is 0.758. The molecule has 1 aromatic carbocycles. The van der Waals surface area contributed by atoms with Crippen LogP contribution in [0.5, 0.6) is 11.5 Å². The van der Waals surface area contributed by atoms with E-state index >= 15 is 0 Å². The minimum Gasteiger partial charge on any atom is -0.486 e. The van der Waals surface area contributed by atoms with Crippen molar-refractivity contribution in [1.82, 2.24) is 5.32 Å². The molecular formula is C15H20N2O5S. The summed E-state index contributed by atoms with van der Waals surface area (Å²) < 4.78 is 36.5. The van der Waals surface area contributed by atoms with E-state index in [9.17, 15) is 13.2 Å². The summed E-state index contributed by atoms with van der Waals surface area (Å²) in [6.45, 7) is 2.45. The molecule has 1 N–H and O–H groups in total. The molecule has 3 rings (SSSR count). The third-order valence-electron chi connectivity index (χ3n) is 3.79. The van der Waals surface area contributed by atoms with Gasteiger partial charge in [-0.1, -0.05) is 0 Å². The number of rotatable bonds is 5. The number of nitrogens with zero attached hydrogens (tertiary/aromatic N) is 1. The van der Waals surface area contributed by atoms with E-state index in [1.54, 1.807) is 25.1 Å². The molecule has 2 aliphatic rings. The molecule has 1 fully saturated rings. The third-order valence-corrected chi connectivity index (χ3v) is 5.03. The summed E-state index contributed by atoms with van der Waals surface area (Å²) in [7, 11) is -3.63. The molecular weight excluding hydrogens is 320 g/mol. The van der Waals surface area contributed by atoms with Gasteiger partial charge in [-0.3, -0.25) is 9.10 Å². The maximum absolute atomic E-state index is 12.3. The molecule has 1 saturated carbocycles. The first-order valence-electron chi connectivity index (χ1n) is 7.55. The fourth-order valence-corrected chi connectivity index (χ4v) is 3.69. The summed E-state index contributed by atoms with van der Waals surface area (Å²) in [4.78, 5) is 12.3. The smallest absolute Gasteiger partial charge is 0.243 e. The molecule has 0 radical (unpaired) electrons. The van der Waals surface area contributed by atoms with Crippen molar-refractivity contribution >= 4 is 21.6 Å². The minimum absolute atomic E-state index is 0.173. The molecule has 1 amide bonds. The van der Waals surface area contributed by atoms with Crippen molar-refractivity contribution in [3.63, 3.8) is 0 Å². The number of amides is 1. The van der Waals surface area contributed by atoms with E-state index in [2.05, 4.69) is 5.32 Å². The van der Waals surface area contributed by atoms with Crippen molar-refractivity contribution in [2.24, 2.45) is 0 Å². The van der Waals surface area contributed by atoms with E-state index in [4.69, 9.17) is 9.47 Å². The summed E-state index contributed by atoms with van der Waals surface area (Å²) in [6.07, 6.45) is 2.98. The number of sulfonamides is 1. The number of anilines is 1. The number of hydrogen-bond acceptors (Lipinski definition) is 5. The highest BCUT2D eigenvalue weighted by Gasteiger charge is 2.33. The molecule has 23 heavy (non-hydrogen) atoms. The Labute approximate surface area is 135 Å². The van der Waals surface area contributed by atoms with Crippen LogP contribution in [0.3, 0.4) is 0 Å². The highest BCUT2D eigenvalue weighted by atomic mass is 32.2.